The summed E-state index contributed by atoms with van der Waals surface area (Å²) in [6.45, 7) is 7.28. The van der Waals surface area contributed by atoms with E-state index in [1.165, 1.54) is 11.3 Å². The van der Waals surface area contributed by atoms with Crippen LogP contribution in [0, 0.1) is 0 Å². The third-order valence-corrected chi connectivity index (χ3v) is 6.69. The van der Waals surface area contributed by atoms with Gasteiger partial charge in [0, 0.05) is 44.2 Å². The Kier molecular flexibility index (Phi) is 11.2. The predicted molar refractivity (Wildman–Crippen MR) is 161 cm³/mol. The van der Waals surface area contributed by atoms with Gasteiger partial charge in [-0.2, -0.15) is 0 Å². The van der Waals surface area contributed by atoms with Crippen molar-refractivity contribution in [2.75, 3.05) is 39.6 Å². The van der Waals surface area contributed by atoms with Crippen LogP contribution in [0.4, 0.5) is 15.3 Å². The number of ketones is 1. The quantitative estimate of drug-likeness (QED) is 0.283. The molecule has 0 aliphatic rings. The molecule has 1 aromatic carbocycles. The number of amides is 3. The van der Waals surface area contributed by atoms with E-state index >= 15 is 0 Å². The molecule has 3 rings (SSSR count). The van der Waals surface area contributed by atoms with Crippen molar-refractivity contribution in [3.05, 3.63) is 75.7 Å². The average Bonchev–Trinajstić information content (AvgIpc) is 3.34. The van der Waals surface area contributed by atoms with Crippen LogP contribution in [0.25, 0.3) is 0 Å². The molecule has 2 heterocycles. The van der Waals surface area contributed by atoms with E-state index in [9.17, 15) is 14.4 Å². The number of likely N-dealkylation sites (N-methyl/N-ethyl adjacent to an activating group) is 1. The van der Waals surface area contributed by atoms with Crippen molar-refractivity contribution in [3.8, 4) is 5.75 Å². The van der Waals surface area contributed by atoms with Gasteiger partial charge < -0.3 is 24.6 Å². The summed E-state index contributed by atoms with van der Waals surface area (Å²) in [7, 11) is 5.52. The van der Waals surface area contributed by atoms with Crippen molar-refractivity contribution in [1.82, 2.24) is 20.1 Å². The molecule has 0 aliphatic heterocycles. The number of pyridine rings is 1. The fraction of sp³-hybridized carbons (Fsp3) is 0.400. The zero-order valence-corrected chi connectivity index (χ0v) is 25.3. The fourth-order valence-corrected chi connectivity index (χ4v) is 4.58. The first-order valence-electron chi connectivity index (χ1n) is 13.3. The van der Waals surface area contributed by atoms with Crippen LogP contribution in [0.5, 0.6) is 5.75 Å². The normalized spacial score (nSPS) is 11.2. The molecule has 3 aromatic rings. The highest BCUT2D eigenvalue weighted by molar-refractivity contribution is 7.08. The third-order valence-electron chi connectivity index (χ3n) is 5.89. The number of ether oxygens (including phenoxy) is 2. The summed E-state index contributed by atoms with van der Waals surface area (Å²) in [6.07, 6.45) is 1.14. The molecule has 0 saturated carbocycles. The first-order valence-corrected chi connectivity index (χ1v) is 14.2. The van der Waals surface area contributed by atoms with Crippen LogP contribution in [-0.2, 0) is 24.2 Å². The molecule has 0 spiro atoms. The van der Waals surface area contributed by atoms with E-state index in [0.717, 1.165) is 16.9 Å². The van der Waals surface area contributed by atoms with Crippen LogP contribution in [0.15, 0.2) is 53.4 Å². The van der Waals surface area contributed by atoms with Gasteiger partial charge >= 0.3 is 12.1 Å². The van der Waals surface area contributed by atoms with E-state index in [1.54, 1.807) is 50.4 Å². The number of hydrogen-bond acceptors (Lipinski definition) is 8. The van der Waals surface area contributed by atoms with Gasteiger partial charge in [-0.1, -0.05) is 18.2 Å². The van der Waals surface area contributed by atoms with Crippen LogP contribution in [0.3, 0.4) is 0 Å². The monoisotopic (exact) mass is 581 g/mol. The Morgan fingerprint density at radius 2 is 1.80 bits per heavy atom. The lowest BCUT2D eigenvalue weighted by molar-refractivity contribution is 0.0635. The van der Waals surface area contributed by atoms with Crippen molar-refractivity contribution in [1.29, 1.82) is 0 Å². The van der Waals surface area contributed by atoms with E-state index in [0.29, 0.717) is 43.1 Å². The van der Waals surface area contributed by atoms with Crippen molar-refractivity contribution in [2.24, 2.45) is 0 Å². The molecular weight excluding hydrogens is 542 g/mol. The van der Waals surface area contributed by atoms with Gasteiger partial charge in [0.1, 0.15) is 17.0 Å². The summed E-state index contributed by atoms with van der Waals surface area (Å²) in [5.41, 5.74) is 2.67. The number of methoxy groups -OCH3 is 1. The summed E-state index contributed by atoms with van der Waals surface area (Å²) in [5.74, 6) is 0.555. The highest BCUT2D eigenvalue weighted by atomic mass is 32.1. The number of urea groups is 1. The number of carbonyl (C=O) groups is 3. The minimum atomic E-state index is -0.625. The molecule has 220 valence electrons. The Morgan fingerprint density at radius 3 is 2.46 bits per heavy atom. The minimum Gasteiger partial charge on any atom is -0.497 e. The van der Waals surface area contributed by atoms with Gasteiger partial charge in [0.25, 0.3) is 0 Å². The number of nitrogens with zero attached hydrogens (tertiary/aromatic N) is 3. The second-order valence-electron chi connectivity index (χ2n) is 10.8. The SMILES string of the molecule is COc1cccc(CNC(=O)N(CCN(C)C)Cc2ccc(C(=O)Cc3cscc3NC(=O)OC(C)(C)C)nc2)c1. The Balaban J connectivity index is 1.62. The number of thiophene rings is 1. The molecule has 0 aliphatic carbocycles. The van der Waals surface area contributed by atoms with Gasteiger partial charge in [-0.25, -0.2) is 9.59 Å². The Labute approximate surface area is 245 Å². The maximum absolute atomic E-state index is 13.1. The van der Waals surface area contributed by atoms with Crippen molar-refractivity contribution in [3.63, 3.8) is 0 Å². The number of aromatic nitrogens is 1. The maximum atomic E-state index is 13.1. The number of benzene rings is 1. The number of nitrogens with one attached hydrogen (secondary N) is 2. The second-order valence-corrected chi connectivity index (χ2v) is 11.6. The third kappa shape index (κ3) is 10.5. The molecule has 0 atom stereocenters. The van der Waals surface area contributed by atoms with Gasteiger partial charge in [-0.15, -0.1) is 11.3 Å². The summed E-state index contributed by atoms with van der Waals surface area (Å²) in [4.78, 5) is 46.3. The van der Waals surface area contributed by atoms with Crippen LogP contribution in [-0.4, -0.2) is 72.6 Å². The molecule has 2 aromatic heterocycles. The van der Waals surface area contributed by atoms with E-state index in [1.807, 2.05) is 54.7 Å². The van der Waals surface area contributed by atoms with E-state index in [2.05, 4.69) is 15.6 Å². The number of hydrogen-bond donors (Lipinski definition) is 2. The van der Waals surface area contributed by atoms with Crippen LogP contribution in [0.2, 0.25) is 0 Å². The number of Topliss-reactive ketones (excluding diaryl/α,β-unsaturated/α-hetero) is 1. The van der Waals surface area contributed by atoms with E-state index < -0.39 is 11.7 Å². The maximum Gasteiger partial charge on any atom is 0.412 e. The summed E-state index contributed by atoms with van der Waals surface area (Å²) >= 11 is 1.39. The summed E-state index contributed by atoms with van der Waals surface area (Å²) in [6, 6.07) is 10.8. The highest BCUT2D eigenvalue weighted by Crippen LogP contribution is 2.23. The molecule has 3 amide bonds. The topological polar surface area (TPSA) is 113 Å². The molecule has 0 bridgehead atoms. The van der Waals surface area contributed by atoms with Crippen LogP contribution in [0.1, 0.15) is 48.0 Å². The molecular formula is C30H39N5O5S. The molecule has 0 fully saturated rings. The lowest BCUT2D eigenvalue weighted by atomic mass is 10.1. The number of carbonyl (C=O) groups excluding carboxylic acids is 3. The number of anilines is 1. The minimum absolute atomic E-state index is 0.0859. The van der Waals surface area contributed by atoms with Crippen molar-refractivity contribution in [2.45, 2.75) is 45.9 Å². The average molecular weight is 582 g/mol. The lowest BCUT2D eigenvalue weighted by Crippen LogP contribution is -2.42. The zero-order valence-electron chi connectivity index (χ0n) is 24.5. The standard InChI is InChI=1S/C30H39N5O5S/c1-30(2,3)40-29(38)33-26-20-41-19-23(26)15-27(36)25-11-10-22(17-31-25)18-35(13-12-34(4)5)28(37)32-16-21-8-7-9-24(14-21)39-6/h7-11,14,17,19-20H,12-13,15-16,18H2,1-6H3,(H,32,37)(H,33,38). The Hall–Kier alpha value is -3.96. The number of rotatable bonds is 12. The van der Waals surface area contributed by atoms with Crippen LogP contribution >= 0.6 is 11.3 Å². The molecule has 41 heavy (non-hydrogen) atoms. The first-order chi connectivity index (χ1) is 19.4. The smallest absolute Gasteiger partial charge is 0.412 e. The summed E-state index contributed by atoms with van der Waals surface area (Å²) in [5, 5.41) is 9.29. The Morgan fingerprint density at radius 1 is 1.02 bits per heavy atom. The highest BCUT2D eigenvalue weighted by Gasteiger charge is 2.20. The Bertz CT molecular complexity index is 1320. The molecule has 0 unspecified atom stereocenters. The van der Waals surface area contributed by atoms with E-state index in [-0.39, 0.29) is 18.2 Å². The lowest BCUT2D eigenvalue weighted by Gasteiger charge is -2.25. The molecule has 2 N–H and O–H groups in total. The molecule has 0 saturated heterocycles. The fourth-order valence-electron chi connectivity index (χ4n) is 3.80. The van der Waals surface area contributed by atoms with Crippen LogP contribution < -0.4 is 15.4 Å². The van der Waals surface area contributed by atoms with Gasteiger partial charge in [0.15, 0.2) is 5.78 Å². The molecule has 0 radical (unpaired) electrons. The van der Waals surface area contributed by atoms with Crippen molar-refractivity contribution >= 4 is 34.9 Å². The van der Waals surface area contributed by atoms with Gasteiger partial charge in [0.2, 0.25) is 0 Å². The second kappa shape index (κ2) is 14.6. The first kappa shape index (κ1) is 31.6. The zero-order chi connectivity index (χ0) is 30.0. The predicted octanol–water partition coefficient (Wildman–Crippen LogP) is 5.20. The van der Waals surface area contributed by atoms with Gasteiger partial charge in [-0.3, -0.25) is 15.1 Å². The molecule has 11 heteroatoms. The van der Waals surface area contributed by atoms with Gasteiger partial charge in [0.05, 0.1) is 12.8 Å². The molecule has 10 nitrogen and oxygen atoms in total. The van der Waals surface area contributed by atoms with Gasteiger partial charge in [-0.05, 0) is 75.1 Å². The van der Waals surface area contributed by atoms with Crippen molar-refractivity contribution < 1.29 is 23.9 Å². The van der Waals surface area contributed by atoms with E-state index in [4.69, 9.17) is 9.47 Å². The largest absolute Gasteiger partial charge is 0.497 e. The summed E-state index contributed by atoms with van der Waals surface area (Å²) < 4.78 is 10.6.